The maximum absolute atomic E-state index is 13.1. The van der Waals surface area contributed by atoms with Gasteiger partial charge in [0.25, 0.3) is 0 Å². The maximum atomic E-state index is 13.1. The second-order valence-corrected chi connectivity index (χ2v) is 10.6. The number of amides is 2. The summed E-state index contributed by atoms with van der Waals surface area (Å²) in [6.45, 7) is 2.05. The molecule has 2 aromatic carbocycles. The molecule has 1 atom stereocenters. The number of likely N-dealkylation sites (N-methyl/N-ethyl adjacent to an activating group) is 1. The fourth-order valence-electron chi connectivity index (χ4n) is 3.26. The van der Waals surface area contributed by atoms with E-state index in [2.05, 4.69) is 21.2 Å². The van der Waals surface area contributed by atoms with Crippen molar-refractivity contribution in [2.45, 2.75) is 32.4 Å². The number of hydrogen-bond acceptors (Lipinski definition) is 4. The van der Waals surface area contributed by atoms with Crippen LogP contribution in [0.15, 0.2) is 53.0 Å². The minimum Gasteiger partial charge on any atom is -0.357 e. The van der Waals surface area contributed by atoms with Gasteiger partial charge in [0.1, 0.15) is 6.04 Å². The van der Waals surface area contributed by atoms with Crippen LogP contribution in [-0.2, 0) is 26.2 Å². The summed E-state index contributed by atoms with van der Waals surface area (Å²) in [5.74, 6) is -0.509. The molecule has 7 nitrogen and oxygen atoms in total. The van der Waals surface area contributed by atoms with Crippen LogP contribution in [0.25, 0.3) is 0 Å². The molecule has 0 aliphatic rings. The average Bonchev–Trinajstić information content (AvgIpc) is 2.73. The Morgan fingerprint density at radius 2 is 1.84 bits per heavy atom. The molecule has 0 aliphatic heterocycles. The lowest BCUT2D eigenvalue weighted by atomic mass is 10.1. The van der Waals surface area contributed by atoms with Gasteiger partial charge in [-0.25, -0.2) is 8.42 Å². The highest BCUT2D eigenvalue weighted by Gasteiger charge is 2.26. The number of nitrogens with zero attached hydrogens (tertiary/aromatic N) is 2. The van der Waals surface area contributed by atoms with E-state index in [-0.39, 0.29) is 37.7 Å². The number of rotatable bonds is 10. The lowest BCUT2D eigenvalue weighted by Gasteiger charge is -2.29. The van der Waals surface area contributed by atoms with E-state index in [0.717, 1.165) is 16.3 Å². The summed E-state index contributed by atoms with van der Waals surface area (Å²) >= 11 is 9.43. The Kier molecular flexibility index (Phi) is 9.54. The van der Waals surface area contributed by atoms with Crippen molar-refractivity contribution in [2.75, 3.05) is 24.2 Å². The maximum Gasteiger partial charge on any atom is 0.242 e. The SMILES string of the molecule is CNC(=O)[C@H](C)N(Cc1cccc(Br)c1)C(=O)CCCN(c1cccc(Cl)c1)S(C)(=O)=O. The third-order valence-electron chi connectivity index (χ3n) is 4.90. The van der Waals surface area contributed by atoms with Crippen molar-refractivity contribution < 1.29 is 18.0 Å². The van der Waals surface area contributed by atoms with Gasteiger partial charge in [-0.05, 0) is 49.2 Å². The van der Waals surface area contributed by atoms with E-state index in [1.54, 1.807) is 31.2 Å². The van der Waals surface area contributed by atoms with Gasteiger partial charge < -0.3 is 10.2 Å². The molecule has 0 heterocycles. The molecule has 0 aliphatic carbocycles. The third-order valence-corrected chi connectivity index (χ3v) is 6.83. The van der Waals surface area contributed by atoms with Crippen LogP contribution < -0.4 is 9.62 Å². The van der Waals surface area contributed by atoms with E-state index in [1.807, 2.05) is 24.3 Å². The molecule has 10 heteroatoms. The Balaban J connectivity index is 2.14. The first-order chi connectivity index (χ1) is 15.0. The fraction of sp³-hybridized carbons (Fsp3) is 0.364. The van der Waals surface area contributed by atoms with Crippen LogP contribution >= 0.6 is 27.5 Å². The van der Waals surface area contributed by atoms with Crippen molar-refractivity contribution >= 4 is 55.1 Å². The summed E-state index contributed by atoms with van der Waals surface area (Å²) < 4.78 is 26.7. The number of hydrogen-bond donors (Lipinski definition) is 1. The number of benzene rings is 2. The van der Waals surface area contributed by atoms with Crippen LogP contribution in [0.4, 0.5) is 5.69 Å². The fourth-order valence-corrected chi connectivity index (χ4v) is 4.85. The van der Waals surface area contributed by atoms with Gasteiger partial charge >= 0.3 is 0 Å². The predicted octanol–water partition coefficient (Wildman–Crippen LogP) is 3.81. The second kappa shape index (κ2) is 11.7. The molecule has 0 aromatic heterocycles. The van der Waals surface area contributed by atoms with Crippen molar-refractivity contribution in [2.24, 2.45) is 0 Å². The van der Waals surface area contributed by atoms with Crippen molar-refractivity contribution in [3.05, 3.63) is 63.6 Å². The number of carbonyl (C=O) groups excluding carboxylic acids is 2. The van der Waals surface area contributed by atoms with Crippen LogP contribution in [-0.4, -0.2) is 51.0 Å². The zero-order valence-corrected chi connectivity index (χ0v) is 21.4. The van der Waals surface area contributed by atoms with Crippen LogP contribution in [0.2, 0.25) is 5.02 Å². The first kappa shape index (κ1) is 26.2. The largest absolute Gasteiger partial charge is 0.357 e. The van der Waals surface area contributed by atoms with Gasteiger partial charge in [-0.3, -0.25) is 13.9 Å². The third kappa shape index (κ3) is 7.50. The number of carbonyl (C=O) groups is 2. The number of halogens is 2. The topological polar surface area (TPSA) is 86.8 Å². The summed E-state index contributed by atoms with van der Waals surface area (Å²) in [5, 5.41) is 3.00. The summed E-state index contributed by atoms with van der Waals surface area (Å²) in [6.07, 6.45) is 1.48. The molecule has 1 N–H and O–H groups in total. The highest BCUT2D eigenvalue weighted by molar-refractivity contribution is 9.10. The monoisotopic (exact) mass is 543 g/mol. The molecule has 0 saturated carbocycles. The number of sulfonamides is 1. The molecular weight excluding hydrogens is 518 g/mol. The van der Waals surface area contributed by atoms with E-state index < -0.39 is 16.1 Å². The van der Waals surface area contributed by atoms with E-state index in [0.29, 0.717) is 10.7 Å². The summed E-state index contributed by atoms with van der Waals surface area (Å²) in [4.78, 5) is 26.8. The Morgan fingerprint density at radius 3 is 2.44 bits per heavy atom. The van der Waals surface area contributed by atoms with E-state index >= 15 is 0 Å². The van der Waals surface area contributed by atoms with Gasteiger partial charge in [-0.2, -0.15) is 0 Å². The van der Waals surface area contributed by atoms with Crippen molar-refractivity contribution in [3.8, 4) is 0 Å². The zero-order valence-electron chi connectivity index (χ0n) is 18.2. The summed E-state index contributed by atoms with van der Waals surface area (Å²) in [6, 6.07) is 13.4. The zero-order chi connectivity index (χ0) is 23.9. The first-order valence-electron chi connectivity index (χ1n) is 10.0. The normalized spacial score (nSPS) is 12.2. The van der Waals surface area contributed by atoms with Gasteiger partial charge in [-0.1, -0.05) is 45.7 Å². The molecule has 2 rings (SSSR count). The molecule has 2 aromatic rings. The minimum atomic E-state index is -3.56. The van der Waals surface area contributed by atoms with Crippen LogP contribution in [0.1, 0.15) is 25.3 Å². The Morgan fingerprint density at radius 1 is 1.16 bits per heavy atom. The Labute approximate surface area is 202 Å². The smallest absolute Gasteiger partial charge is 0.242 e. The lowest BCUT2D eigenvalue weighted by molar-refractivity contribution is -0.140. The Hall–Kier alpha value is -2.10. The molecule has 2 amide bonds. The molecule has 0 unspecified atom stereocenters. The van der Waals surface area contributed by atoms with Crippen LogP contribution in [0, 0.1) is 0 Å². The highest BCUT2D eigenvalue weighted by atomic mass is 79.9. The number of anilines is 1. The first-order valence-corrected chi connectivity index (χ1v) is 13.0. The average molecular weight is 545 g/mol. The molecular formula is C22H27BrClN3O4S. The minimum absolute atomic E-state index is 0.0852. The van der Waals surface area contributed by atoms with E-state index in [4.69, 9.17) is 11.6 Å². The van der Waals surface area contributed by atoms with Gasteiger partial charge in [0.15, 0.2) is 0 Å². The quantitative estimate of drug-likeness (QED) is 0.493. The van der Waals surface area contributed by atoms with E-state index in [9.17, 15) is 18.0 Å². The molecule has 0 radical (unpaired) electrons. The van der Waals surface area contributed by atoms with Gasteiger partial charge in [-0.15, -0.1) is 0 Å². The molecule has 0 spiro atoms. The van der Waals surface area contributed by atoms with Crippen molar-refractivity contribution in [1.29, 1.82) is 0 Å². The predicted molar refractivity (Wildman–Crippen MR) is 131 cm³/mol. The lowest BCUT2D eigenvalue weighted by Crippen LogP contribution is -2.46. The second-order valence-electron chi connectivity index (χ2n) is 7.36. The molecule has 0 saturated heterocycles. The van der Waals surface area contributed by atoms with Gasteiger partial charge in [0, 0.05) is 36.1 Å². The molecule has 174 valence electrons. The van der Waals surface area contributed by atoms with E-state index in [1.165, 1.54) is 16.3 Å². The highest BCUT2D eigenvalue weighted by Crippen LogP contribution is 2.23. The molecule has 0 fully saturated rings. The van der Waals surface area contributed by atoms with Crippen molar-refractivity contribution in [3.63, 3.8) is 0 Å². The molecule has 32 heavy (non-hydrogen) atoms. The summed E-state index contributed by atoms with van der Waals surface area (Å²) in [5.41, 5.74) is 1.32. The molecule has 0 bridgehead atoms. The summed E-state index contributed by atoms with van der Waals surface area (Å²) in [7, 11) is -2.04. The number of nitrogens with one attached hydrogen (secondary N) is 1. The van der Waals surface area contributed by atoms with Gasteiger partial charge in [0.05, 0.1) is 11.9 Å². The standard InChI is InChI=1S/C22H27BrClN3O4S/c1-16(22(29)25-2)26(15-17-7-4-8-18(23)13-17)21(28)11-6-12-27(32(3,30)31)20-10-5-9-19(24)14-20/h4-5,7-10,13-14,16H,6,11-12,15H2,1-3H3,(H,25,29)/t16-/m0/s1. The van der Waals surface area contributed by atoms with Crippen LogP contribution in [0.3, 0.4) is 0 Å². The van der Waals surface area contributed by atoms with Crippen molar-refractivity contribution in [1.82, 2.24) is 10.2 Å². The van der Waals surface area contributed by atoms with Crippen LogP contribution in [0.5, 0.6) is 0 Å². The Bertz CT molecular complexity index is 1060. The van der Waals surface area contributed by atoms with Gasteiger partial charge in [0.2, 0.25) is 21.8 Å².